The zero-order valence-corrected chi connectivity index (χ0v) is 17.3. The number of hydrogen-bond acceptors (Lipinski definition) is 3. The van der Waals surface area contributed by atoms with Crippen molar-refractivity contribution < 1.29 is 9.31 Å². The molecule has 2 bridgehead atoms. The molecule has 0 aromatic heterocycles. The Morgan fingerprint density at radius 3 is 2.08 bits per heavy atom. The summed E-state index contributed by atoms with van der Waals surface area (Å²) in [4.78, 5) is 0. The Kier molecular flexibility index (Phi) is 6.21. The molecule has 1 saturated carbocycles. The first-order valence-electron chi connectivity index (χ1n) is 9.77. The van der Waals surface area contributed by atoms with Gasteiger partial charge in [-0.2, -0.15) is 0 Å². The van der Waals surface area contributed by atoms with E-state index in [2.05, 4.69) is 57.9 Å². The summed E-state index contributed by atoms with van der Waals surface area (Å²) < 4.78 is 12.5. The predicted molar refractivity (Wildman–Crippen MR) is 116 cm³/mol. The molecule has 0 N–H and O–H groups in total. The summed E-state index contributed by atoms with van der Waals surface area (Å²) >= 11 is 4.25. The van der Waals surface area contributed by atoms with Crippen LogP contribution in [0.4, 0.5) is 0 Å². The van der Waals surface area contributed by atoms with Crippen LogP contribution >= 0.6 is 12.1 Å². The van der Waals surface area contributed by atoms with Gasteiger partial charge in [-0.25, -0.2) is 0 Å². The molecule has 1 aromatic rings. The Balaban J connectivity index is 0.000000447. The van der Waals surface area contributed by atoms with Crippen molar-refractivity contribution >= 4 is 45.5 Å². The second-order valence-electron chi connectivity index (χ2n) is 8.71. The predicted octanol–water partition coefficient (Wildman–Crippen LogP) is 3.64. The van der Waals surface area contributed by atoms with Crippen molar-refractivity contribution in [2.24, 2.45) is 0 Å². The summed E-state index contributed by atoms with van der Waals surface area (Å²) in [7, 11) is 5.83. The van der Waals surface area contributed by atoms with Gasteiger partial charge in [-0.15, -0.1) is 0 Å². The minimum atomic E-state index is -0.260. The molecule has 5 rings (SSSR count). The summed E-state index contributed by atoms with van der Waals surface area (Å²) in [5, 5.41) is 0. The molecule has 2 atom stereocenters. The third-order valence-electron chi connectivity index (χ3n) is 6.56. The van der Waals surface area contributed by atoms with Gasteiger partial charge in [0.05, 0.1) is 11.2 Å². The Morgan fingerprint density at radius 1 is 1.00 bits per heavy atom. The number of hydrogen-bond donors (Lipinski definition) is 0. The molecule has 3 radical (unpaired) electrons. The van der Waals surface area contributed by atoms with Gasteiger partial charge in [-0.05, 0) is 81.8 Å². The van der Waals surface area contributed by atoms with E-state index in [1.807, 2.05) is 0 Å². The monoisotopic (exact) mass is 363 g/mol. The van der Waals surface area contributed by atoms with Gasteiger partial charge in [0.1, 0.15) is 0 Å². The van der Waals surface area contributed by atoms with Crippen LogP contribution in [0.5, 0.6) is 0 Å². The van der Waals surface area contributed by atoms with Crippen LogP contribution < -0.4 is 5.46 Å². The molecule has 26 heavy (non-hydrogen) atoms. The molecule has 7 heteroatoms. The van der Waals surface area contributed by atoms with Gasteiger partial charge < -0.3 is 9.31 Å². The van der Waals surface area contributed by atoms with Crippen LogP contribution in [0.15, 0.2) is 18.2 Å². The van der Waals surface area contributed by atoms with Crippen molar-refractivity contribution in [1.82, 2.24) is 0 Å². The van der Waals surface area contributed by atoms with E-state index in [9.17, 15) is 0 Å². The van der Waals surface area contributed by atoms with Crippen molar-refractivity contribution in [1.29, 1.82) is 0 Å². The molecule has 0 amide bonds. The minimum absolute atomic E-state index is 0.225. The fourth-order valence-electron chi connectivity index (χ4n) is 4.37. The normalized spacial score (nSPS) is 27.6. The van der Waals surface area contributed by atoms with Crippen LogP contribution in [-0.4, -0.2) is 39.2 Å². The molecule has 4 aliphatic rings. The molecule has 133 valence electrons. The summed E-state index contributed by atoms with van der Waals surface area (Å²) in [6, 6.07) is 8.35. The van der Waals surface area contributed by atoms with Gasteiger partial charge >= 0.3 is 40.0 Å². The average molecular weight is 363 g/mol. The average Bonchev–Trinajstić information content (AvgIpc) is 2.83. The fraction of sp³-hybridized carbons (Fsp3) is 0.684. The van der Waals surface area contributed by atoms with Gasteiger partial charge in [0.15, 0.2) is 0 Å². The van der Waals surface area contributed by atoms with Crippen molar-refractivity contribution in [3.05, 3.63) is 29.3 Å². The molecule has 3 aliphatic carbocycles. The Labute approximate surface area is 167 Å². The Bertz CT molecular complexity index is 645. The van der Waals surface area contributed by atoms with E-state index in [0.717, 1.165) is 11.8 Å². The van der Waals surface area contributed by atoms with Gasteiger partial charge in [-0.3, -0.25) is 0 Å². The standard InChI is InChI=1S/C19H27BO2.B3S/c1-18(2)19(3,4)22-20(21-18)15-10-11-16-13-6-5-7-14(9-8-13)17(16)12-15;1-2-3-4/h10-14H,5-9H2,1-4H3;. The van der Waals surface area contributed by atoms with Crippen molar-refractivity contribution in [2.75, 3.05) is 0 Å². The van der Waals surface area contributed by atoms with Crippen LogP contribution in [0.2, 0.25) is 0 Å². The van der Waals surface area contributed by atoms with Crippen LogP contribution in [0.1, 0.15) is 82.8 Å². The van der Waals surface area contributed by atoms with E-state index >= 15 is 0 Å². The van der Waals surface area contributed by atoms with Crippen molar-refractivity contribution in [3.63, 3.8) is 0 Å². The van der Waals surface area contributed by atoms with E-state index in [-0.39, 0.29) is 18.3 Å². The molecule has 2 nitrogen and oxygen atoms in total. The number of benzene rings is 1. The van der Waals surface area contributed by atoms with Crippen LogP contribution in [0.25, 0.3) is 0 Å². The molecule has 1 aromatic carbocycles. The fourth-order valence-corrected chi connectivity index (χ4v) is 4.37. The first-order chi connectivity index (χ1) is 12.3. The first kappa shape index (κ1) is 20.4. The molecule has 0 spiro atoms. The molecule has 2 fully saturated rings. The molecular formula is C19H27B4O2S. The molecule has 1 saturated heterocycles. The Hall–Kier alpha value is -0.380. The van der Waals surface area contributed by atoms with Gasteiger partial charge in [0.2, 0.25) is 0 Å². The third kappa shape index (κ3) is 3.91. The Morgan fingerprint density at radius 2 is 1.54 bits per heavy atom. The quantitative estimate of drug-likeness (QED) is 0.748. The first-order valence-corrected chi connectivity index (χ1v) is 10.2. The summed E-state index contributed by atoms with van der Waals surface area (Å²) in [6.07, 6.45) is 6.86. The molecule has 1 heterocycles. The number of rotatable bonds is 2. The zero-order chi connectivity index (χ0) is 18.9. The summed E-state index contributed by atoms with van der Waals surface area (Å²) in [5.41, 5.74) is 3.87. The van der Waals surface area contributed by atoms with Crippen LogP contribution in [0, 0.1) is 0 Å². The van der Waals surface area contributed by atoms with Crippen LogP contribution in [0.3, 0.4) is 0 Å². The van der Waals surface area contributed by atoms with E-state index in [1.165, 1.54) is 50.7 Å². The maximum absolute atomic E-state index is 6.23. The second kappa shape index (κ2) is 7.93. The SMILES string of the molecule is CC1(C)OB(c2ccc3c(c2)C2CCCC3CC2)OC1(C)C.[B][B]B=S. The van der Waals surface area contributed by atoms with Crippen molar-refractivity contribution in [2.45, 2.75) is 82.8 Å². The summed E-state index contributed by atoms with van der Waals surface area (Å²) in [6.45, 7) is 8.49. The molecule has 2 unspecified atom stereocenters. The zero-order valence-electron chi connectivity index (χ0n) is 16.5. The van der Waals surface area contributed by atoms with Crippen LogP contribution in [-0.2, 0) is 9.31 Å². The molecule has 1 aliphatic heterocycles. The van der Waals surface area contributed by atoms with E-state index in [1.54, 1.807) is 11.1 Å². The van der Waals surface area contributed by atoms with Crippen molar-refractivity contribution in [3.8, 4) is 0 Å². The molecular weight excluding hydrogens is 336 g/mol. The second-order valence-corrected chi connectivity index (χ2v) is 8.98. The third-order valence-corrected chi connectivity index (χ3v) is 6.72. The maximum atomic E-state index is 6.23. The van der Waals surface area contributed by atoms with Gasteiger partial charge in [0, 0.05) is 0 Å². The summed E-state index contributed by atoms with van der Waals surface area (Å²) in [5.74, 6) is 1.55. The van der Waals surface area contributed by atoms with E-state index in [0.29, 0.717) is 0 Å². The topological polar surface area (TPSA) is 18.5 Å². The van der Waals surface area contributed by atoms with E-state index in [4.69, 9.17) is 17.0 Å². The van der Waals surface area contributed by atoms with Gasteiger partial charge in [0.25, 0.3) is 0 Å². The van der Waals surface area contributed by atoms with E-state index < -0.39 is 0 Å². The van der Waals surface area contributed by atoms with Gasteiger partial charge in [-0.1, -0.05) is 24.6 Å². The number of fused-ring (bicyclic) bond motifs is 3.